The summed E-state index contributed by atoms with van der Waals surface area (Å²) in [5.41, 5.74) is 6.04. The highest BCUT2D eigenvalue weighted by atomic mass is 32.2. The maximum absolute atomic E-state index is 13.9. The second kappa shape index (κ2) is 11.6. The summed E-state index contributed by atoms with van der Waals surface area (Å²) in [7, 11) is 1.52. The van der Waals surface area contributed by atoms with Crippen molar-refractivity contribution in [1.29, 1.82) is 5.26 Å². The number of fused-ring (bicyclic) bond motifs is 1. The van der Waals surface area contributed by atoms with E-state index in [0.29, 0.717) is 42.5 Å². The monoisotopic (exact) mass is 590 g/mol. The molecule has 2 N–H and O–H groups in total. The lowest BCUT2D eigenvalue weighted by molar-refractivity contribution is -0.136. The number of hydrogen-bond acceptors (Lipinski definition) is 9. The number of ketones is 1. The molecule has 220 valence electrons. The maximum Gasteiger partial charge on any atom is 0.332 e. The minimum absolute atomic E-state index is 0.137. The van der Waals surface area contributed by atoms with Gasteiger partial charge >= 0.3 is 5.69 Å². The Kier molecular flexibility index (Phi) is 8.12. The first-order chi connectivity index (χ1) is 20.1. The fourth-order valence-electron chi connectivity index (χ4n) is 5.51. The molecule has 2 unspecified atom stereocenters. The van der Waals surface area contributed by atoms with Crippen LogP contribution in [0.25, 0.3) is 11.2 Å². The van der Waals surface area contributed by atoms with Crippen LogP contribution in [0.3, 0.4) is 0 Å². The smallest absolute Gasteiger partial charge is 0.332 e. The summed E-state index contributed by atoms with van der Waals surface area (Å²) in [5, 5.41) is 9.53. The molecule has 5 rings (SSSR count). The van der Waals surface area contributed by atoms with E-state index >= 15 is 0 Å². The summed E-state index contributed by atoms with van der Waals surface area (Å²) in [4.78, 5) is 62.0. The quantitative estimate of drug-likeness (QED) is 0.318. The van der Waals surface area contributed by atoms with Crippen LogP contribution >= 0.6 is 11.8 Å². The van der Waals surface area contributed by atoms with Gasteiger partial charge in [0.15, 0.2) is 16.9 Å². The van der Waals surface area contributed by atoms with Crippen LogP contribution in [0, 0.1) is 11.3 Å². The minimum atomic E-state index is -1.24. The number of aromatic nitrogens is 4. The number of amides is 1. The lowest BCUT2D eigenvalue weighted by Gasteiger charge is -2.41. The second-order valence-electron chi connectivity index (χ2n) is 11.1. The number of nitrogens with two attached hydrogens (primary N) is 1. The molecule has 1 aromatic carbocycles. The Hall–Kier alpha value is -4.15. The highest BCUT2D eigenvalue weighted by Crippen LogP contribution is 2.30. The van der Waals surface area contributed by atoms with Crippen molar-refractivity contribution in [2.45, 2.75) is 51.4 Å². The Balaban J connectivity index is 1.59. The van der Waals surface area contributed by atoms with Gasteiger partial charge in [-0.05, 0) is 26.7 Å². The lowest BCUT2D eigenvalue weighted by Crippen LogP contribution is -2.64. The fraction of sp³-hybridized carbons (Fsp3) is 0.448. The van der Waals surface area contributed by atoms with Gasteiger partial charge in [0, 0.05) is 38.0 Å². The molecule has 42 heavy (non-hydrogen) atoms. The number of imidazole rings is 1. The molecule has 2 atom stereocenters. The van der Waals surface area contributed by atoms with Gasteiger partial charge in [-0.25, -0.2) is 4.79 Å². The molecule has 0 saturated carbocycles. The van der Waals surface area contributed by atoms with Gasteiger partial charge in [-0.15, -0.1) is 11.8 Å². The van der Waals surface area contributed by atoms with Crippen LogP contribution in [0.15, 0.2) is 51.6 Å². The average molecular weight is 591 g/mol. The summed E-state index contributed by atoms with van der Waals surface area (Å²) >= 11 is 1.52. The highest BCUT2D eigenvalue weighted by Gasteiger charge is 2.45. The zero-order valence-electron chi connectivity index (χ0n) is 23.9. The molecule has 2 saturated heterocycles. The number of nitrogens with zero attached hydrogens (tertiary/aromatic N) is 7. The zero-order chi connectivity index (χ0) is 30.2. The van der Waals surface area contributed by atoms with E-state index in [2.05, 4.69) is 6.07 Å². The number of benzene rings is 1. The Bertz CT molecular complexity index is 1730. The predicted molar refractivity (Wildman–Crippen MR) is 161 cm³/mol. The Morgan fingerprint density at radius 3 is 2.64 bits per heavy atom. The van der Waals surface area contributed by atoms with Crippen LogP contribution in [-0.4, -0.2) is 71.6 Å². The van der Waals surface area contributed by atoms with Gasteiger partial charge < -0.3 is 20.1 Å². The summed E-state index contributed by atoms with van der Waals surface area (Å²) in [5.74, 6) is 0.746. The molecule has 1 amide bonds. The fourth-order valence-corrected chi connectivity index (χ4v) is 6.59. The van der Waals surface area contributed by atoms with Gasteiger partial charge in [-0.3, -0.25) is 23.5 Å². The van der Waals surface area contributed by atoms with Crippen LogP contribution in [0.4, 0.5) is 5.95 Å². The number of thioether (sulfide) groups is 1. The number of carbonyl (C=O) groups excluding carboxylic acids is 2. The number of allylic oxidation sites excluding steroid dienone is 2. The number of anilines is 1. The molecule has 0 spiro atoms. The number of hydrogen-bond donors (Lipinski definition) is 1. The largest absolute Gasteiger partial charge is 0.340 e. The molecule has 4 heterocycles. The molecular weight excluding hydrogens is 556 g/mol. The molecule has 0 radical (unpaired) electrons. The van der Waals surface area contributed by atoms with Crippen molar-refractivity contribution in [2.24, 2.45) is 12.8 Å². The average Bonchev–Trinajstić information content (AvgIpc) is 3.62. The van der Waals surface area contributed by atoms with E-state index in [1.54, 1.807) is 39.8 Å². The second-order valence-corrected chi connectivity index (χ2v) is 12.1. The van der Waals surface area contributed by atoms with Gasteiger partial charge in [0.2, 0.25) is 11.9 Å². The molecule has 0 bridgehead atoms. The molecule has 3 aromatic rings. The molecule has 13 heteroatoms. The van der Waals surface area contributed by atoms with E-state index in [0.717, 1.165) is 10.1 Å². The van der Waals surface area contributed by atoms with E-state index in [1.165, 1.54) is 23.4 Å². The van der Waals surface area contributed by atoms with E-state index < -0.39 is 29.4 Å². The Morgan fingerprint density at radius 1 is 1.21 bits per heavy atom. The predicted octanol–water partition coefficient (Wildman–Crippen LogP) is 1.47. The van der Waals surface area contributed by atoms with Crippen molar-refractivity contribution in [3.8, 4) is 6.07 Å². The molecule has 2 aliphatic heterocycles. The van der Waals surface area contributed by atoms with E-state index in [-0.39, 0.29) is 35.9 Å². The zero-order valence-corrected chi connectivity index (χ0v) is 24.8. The van der Waals surface area contributed by atoms with Crippen LogP contribution in [-0.2, 0) is 24.9 Å². The Morgan fingerprint density at radius 2 is 1.95 bits per heavy atom. The van der Waals surface area contributed by atoms with Gasteiger partial charge in [0.25, 0.3) is 5.56 Å². The molecule has 2 aliphatic rings. The SMILES string of the molecule is CC(C)=CCn1c(N2CCCC(N)(C(=O)N3CSCC3C#N)C2)nc2c1c(=O)n(CC(=O)c1ccccc1)c(=O)n2C. The number of aryl methyl sites for hydroxylation is 1. The number of nitriles is 1. The molecule has 0 aliphatic carbocycles. The third-order valence-electron chi connectivity index (χ3n) is 7.82. The summed E-state index contributed by atoms with van der Waals surface area (Å²) in [6.07, 6.45) is 2.99. The van der Waals surface area contributed by atoms with Crippen LogP contribution in [0.2, 0.25) is 0 Å². The number of carbonyl (C=O) groups is 2. The van der Waals surface area contributed by atoms with Crippen molar-refractivity contribution in [3.63, 3.8) is 0 Å². The summed E-state index contributed by atoms with van der Waals surface area (Å²) < 4.78 is 3.96. The number of Topliss-reactive ketones (excluding diaryl/α,β-unsaturated/α-hetero) is 1. The van der Waals surface area contributed by atoms with Crippen molar-refractivity contribution in [1.82, 2.24) is 23.6 Å². The highest BCUT2D eigenvalue weighted by molar-refractivity contribution is 7.99. The summed E-state index contributed by atoms with van der Waals surface area (Å²) in [6, 6.07) is 10.2. The number of piperidine rings is 1. The lowest BCUT2D eigenvalue weighted by atomic mass is 9.88. The van der Waals surface area contributed by atoms with Gasteiger partial charge in [-0.2, -0.15) is 10.2 Å². The van der Waals surface area contributed by atoms with Crippen molar-refractivity contribution in [2.75, 3.05) is 29.6 Å². The summed E-state index contributed by atoms with van der Waals surface area (Å²) in [6.45, 7) is 4.43. The van der Waals surface area contributed by atoms with Gasteiger partial charge in [0.05, 0.1) is 18.5 Å². The topological polar surface area (TPSA) is 152 Å². The maximum atomic E-state index is 13.9. The minimum Gasteiger partial charge on any atom is -0.340 e. The molecular formula is C29H34N8O4S. The third kappa shape index (κ3) is 5.28. The molecule has 2 aromatic heterocycles. The van der Waals surface area contributed by atoms with Crippen molar-refractivity contribution < 1.29 is 9.59 Å². The first-order valence-electron chi connectivity index (χ1n) is 13.8. The van der Waals surface area contributed by atoms with Crippen molar-refractivity contribution in [3.05, 3.63) is 68.4 Å². The normalized spacial score (nSPS) is 20.5. The van der Waals surface area contributed by atoms with Crippen molar-refractivity contribution >= 4 is 40.6 Å². The van der Waals surface area contributed by atoms with E-state index in [4.69, 9.17) is 10.7 Å². The first kappa shape index (κ1) is 29.3. The van der Waals surface area contributed by atoms with Crippen LogP contribution < -0.4 is 21.9 Å². The van der Waals surface area contributed by atoms with Crippen LogP contribution in [0.5, 0.6) is 0 Å². The first-order valence-corrected chi connectivity index (χ1v) is 14.9. The number of rotatable bonds is 7. The van der Waals surface area contributed by atoms with E-state index in [1.807, 2.05) is 24.8 Å². The Labute approximate surface area is 247 Å². The van der Waals surface area contributed by atoms with Crippen LogP contribution in [0.1, 0.15) is 37.0 Å². The molecule has 12 nitrogen and oxygen atoms in total. The standard InChI is InChI=1S/C29H34N8O4S/c1-19(2)10-13-35-23-24(33(3)28(41)36(25(23)39)15-22(38)20-8-5-4-6-9-20)32-27(35)34-12-7-11-29(31,17-34)26(40)37-18-42-16-21(37)14-30/h4-6,8-10,21H,7,11-13,15-18,31H2,1-3H3. The van der Waals surface area contributed by atoms with E-state index in [9.17, 15) is 24.4 Å². The van der Waals surface area contributed by atoms with Gasteiger partial charge in [0.1, 0.15) is 11.6 Å². The molecule has 2 fully saturated rings. The van der Waals surface area contributed by atoms with Gasteiger partial charge in [-0.1, -0.05) is 42.0 Å². The third-order valence-corrected chi connectivity index (χ3v) is 8.83.